The van der Waals surface area contributed by atoms with Crippen LogP contribution in [0.15, 0.2) is 60.7 Å². The monoisotopic (exact) mass is 503 g/mol. The van der Waals surface area contributed by atoms with Crippen LogP contribution in [0.3, 0.4) is 0 Å². The summed E-state index contributed by atoms with van der Waals surface area (Å²) in [7, 11) is 0. The number of hydrogen-bond donors (Lipinski definition) is 1. The molecule has 1 amide bonds. The predicted octanol–water partition coefficient (Wildman–Crippen LogP) is 7.13. The molecule has 0 fully saturated rings. The number of halogens is 8. The standard InChI is InChI=1S/C23H13ClF7NO2/c24-15-6-8-19(34-11-21(25,26)27)17(10-15)22(28)16-7-3-13(9-18(16)32-20(22)33)12-1-4-14(5-2-12)23(29,30)31/h1-10H,11H2,(H,32,33). The van der Waals surface area contributed by atoms with E-state index in [2.05, 4.69) is 5.32 Å². The van der Waals surface area contributed by atoms with E-state index >= 15 is 4.39 Å². The normalized spacial score (nSPS) is 17.9. The van der Waals surface area contributed by atoms with Crippen LogP contribution in [-0.4, -0.2) is 18.7 Å². The van der Waals surface area contributed by atoms with E-state index in [1.165, 1.54) is 36.4 Å². The van der Waals surface area contributed by atoms with Crippen LogP contribution < -0.4 is 10.1 Å². The highest BCUT2D eigenvalue weighted by molar-refractivity contribution is 6.30. The van der Waals surface area contributed by atoms with Gasteiger partial charge >= 0.3 is 12.4 Å². The fourth-order valence-electron chi connectivity index (χ4n) is 3.63. The third-order valence-electron chi connectivity index (χ3n) is 5.20. The number of alkyl halides is 7. The Morgan fingerprint density at radius 1 is 0.853 bits per heavy atom. The number of carbonyl (C=O) groups is 1. The van der Waals surface area contributed by atoms with Crippen molar-refractivity contribution in [1.82, 2.24) is 0 Å². The average Bonchev–Trinajstić information content (AvgIpc) is 3.02. The number of carbonyl (C=O) groups excluding carboxylic acids is 1. The molecule has 178 valence electrons. The molecule has 1 aliphatic rings. The van der Waals surface area contributed by atoms with Crippen LogP contribution in [0.1, 0.15) is 16.7 Å². The van der Waals surface area contributed by atoms with Gasteiger partial charge in [0.25, 0.3) is 5.91 Å². The first-order chi connectivity index (χ1) is 15.8. The van der Waals surface area contributed by atoms with Gasteiger partial charge in [-0.05, 0) is 47.5 Å². The van der Waals surface area contributed by atoms with Gasteiger partial charge in [0, 0.05) is 21.8 Å². The molecule has 0 aromatic heterocycles. The average molecular weight is 504 g/mol. The lowest BCUT2D eigenvalue weighted by Crippen LogP contribution is -2.32. The Hall–Kier alpha value is -3.27. The molecule has 1 heterocycles. The molecule has 1 atom stereocenters. The first-order valence-corrected chi connectivity index (χ1v) is 9.99. The third-order valence-corrected chi connectivity index (χ3v) is 5.44. The summed E-state index contributed by atoms with van der Waals surface area (Å²) >= 11 is 5.92. The van der Waals surface area contributed by atoms with E-state index in [1.807, 2.05) is 0 Å². The molecule has 0 aliphatic carbocycles. The highest BCUT2D eigenvalue weighted by Gasteiger charge is 2.51. The van der Waals surface area contributed by atoms with Crippen molar-refractivity contribution >= 4 is 23.2 Å². The van der Waals surface area contributed by atoms with Crippen molar-refractivity contribution in [2.45, 2.75) is 18.0 Å². The number of amides is 1. The molecule has 1 N–H and O–H groups in total. The van der Waals surface area contributed by atoms with Gasteiger partial charge in [0.15, 0.2) is 6.61 Å². The molecular weight excluding hydrogens is 491 g/mol. The zero-order valence-corrected chi connectivity index (χ0v) is 17.6. The van der Waals surface area contributed by atoms with Crippen molar-refractivity contribution in [3.63, 3.8) is 0 Å². The summed E-state index contributed by atoms with van der Waals surface area (Å²) in [5.74, 6) is -1.69. The van der Waals surface area contributed by atoms with Crippen LogP contribution in [0, 0.1) is 0 Å². The van der Waals surface area contributed by atoms with E-state index in [-0.39, 0.29) is 16.3 Å². The second-order valence-corrected chi connectivity index (χ2v) is 7.93. The second kappa shape index (κ2) is 8.19. The molecule has 0 saturated carbocycles. The van der Waals surface area contributed by atoms with Crippen molar-refractivity contribution in [1.29, 1.82) is 0 Å². The van der Waals surface area contributed by atoms with Crippen molar-refractivity contribution in [2.75, 3.05) is 11.9 Å². The Morgan fingerprint density at radius 2 is 1.50 bits per heavy atom. The van der Waals surface area contributed by atoms with Crippen LogP contribution in [0.4, 0.5) is 36.4 Å². The third kappa shape index (κ3) is 4.42. The van der Waals surface area contributed by atoms with Gasteiger partial charge in [0.05, 0.1) is 5.56 Å². The van der Waals surface area contributed by atoms with Crippen LogP contribution >= 0.6 is 11.6 Å². The summed E-state index contributed by atoms with van der Waals surface area (Å²) in [4.78, 5) is 12.7. The fourth-order valence-corrected chi connectivity index (χ4v) is 3.81. The number of anilines is 1. The van der Waals surface area contributed by atoms with Crippen LogP contribution in [0.5, 0.6) is 5.75 Å². The van der Waals surface area contributed by atoms with Gasteiger partial charge < -0.3 is 10.1 Å². The Kier molecular flexibility index (Phi) is 5.75. The molecule has 34 heavy (non-hydrogen) atoms. The predicted molar refractivity (Wildman–Crippen MR) is 110 cm³/mol. The van der Waals surface area contributed by atoms with E-state index in [0.29, 0.717) is 11.1 Å². The van der Waals surface area contributed by atoms with Crippen molar-refractivity contribution in [2.24, 2.45) is 0 Å². The fraction of sp³-hybridized carbons (Fsp3) is 0.174. The number of benzene rings is 3. The Morgan fingerprint density at radius 3 is 2.12 bits per heavy atom. The maximum absolute atomic E-state index is 16.3. The minimum Gasteiger partial charge on any atom is -0.484 e. The molecule has 1 aliphatic heterocycles. The number of hydrogen-bond acceptors (Lipinski definition) is 2. The molecule has 3 aromatic rings. The van der Waals surface area contributed by atoms with Gasteiger partial charge in [-0.15, -0.1) is 0 Å². The van der Waals surface area contributed by atoms with Gasteiger partial charge in [0.1, 0.15) is 5.75 Å². The molecule has 0 radical (unpaired) electrons. The SMILES string of the molecule is O=C1Nc2cc(-c3ccc(C(F)(F)F)cc3)ccc2C1(F)c1cc(Cl)ccc1OCC(F)(F)F. The minimum absolute atomic E-state index is 0.00615. The molecular formula is C23H13ClF7NO2. The van der Waals surface area contributed by atoms with Crippen molar-refractivity contribution in [3.8, 4) is 16.9 Å². The number of ether oxygens (including phenoxy) is 1. The zero-order chi connectivity index (χ0) is 24.9. The number of nitrogens with one attached hydrogen (secondary N) is 1. The maximum atomic E-state index is 16.3. The molecule has 4 rings (SSSR count). The summed E-state index contributed by atoms with van der Waals surface area (Å²) in [5.41, 5.74) is -3.71. The Balaban J connectivity index is 1.74. The molecule has 0 saturated heterocycles. The Bertz CT molecular complexity index is 1260. The number of fused-ring (bicyclic) bond motifs is 1. The van der Waals surface area contributed by atoms with E-state index in [0.717, 1.165) is 24.3 Å². The van der Waals surface area contributed by atoms with Crippen LogP contribution in [0.2, 0.25) is 5.02 Å². The van der Waals surface area contributed by atoms with E-state index in [1.54, 1.807) is 0 Å². The van der Waals surface area contributed by atoms with Gasteiger partial charge in [-0.1, -0.05) is 35.9 Å². The molecule has 11 heteroatoms. The molecule has 3 nitrogen and oxygen atoms in total. The quantitative estimate of drug-likeness (QED) is 0.385. The van der Waals surface area contributed by atoms with Crippen molar-refractivity contribution in [3.05, 3.63) is 82.4 Å². The molecule has 1 unspecified atom stereocenters. The Labute approximate surface area is 193 Å². The second-order valence-electron chi connectivity index (χ2n) is 7.49. The maximum Gasteiger partial charge on any atom is 0.422 e. The van der Waals surface area contributed by atoms with Gasteiger partial charge in [0.2, 0.25) is 5.67 Å². The highest BCUT2D eigenvalue weighted by atomic mass is 35.5. The van der Waals surface area contributed by atoms with Gasteiger partial charge in [-0.2, -0.15) is 26.3 Å². The van der Waals surface area contributed by atoms with E-state index in [4.69, 9.17) is 16.3 Å². The first kappa shape index (κ1) is 23.9. The molecule has 0 spiro atoms. The summed E-state index contributed by atoms with van der Waals surface area (Å²) < 4.78 is 97.3. The summed E-state index contributed by atoms with van der Waals surface area (Å²) in [6.07, 6.45) is -9.21. The summed E-state index contributed by atoms with van der Waals surface area (Å²) in [6.45, 7) is -1.71. The van der Waals surface area contributed by atoms with E-state index < -0.39 is 47.4 Å². The van der Waals surface area contributed by atoms with Crippen LogP contribution in [-0.2, 0) is 16.6 Å². The van der Waals surface area contributed by atoms with Gasteiger partial charge in [-0.3, -0.25) is 4.79 Å². The largest absolute Gasteiger partial charge is 0.484 e. The van der Waals surface area contributed by atoms with E-state index in [9.17, 15) is 31.1 Å². The number of rotatable bonds is 4. The smallest absolute Gasteiger partial charge is 0.422 e. The van der Waals surface area contributed by atoms with Crippen LogP contribution in [0.25, 0.3) is 11.1 Å². The lowest BCUT2D eigenvalue weighted by atomic mass is 9.87. The highest BCUT2D eigenvalue weighted by Crippen LogP contribution is 2.49. The molecule has 3 aromatic carbocycles. The van der Waals surface area contributed by atoms with Gasteiger partial charge in [-0.25, -0.2) is 4.39 Å². The molecule has 0 bridgehead atoms. The topological polar surface area (TPSA) is 38.3 Å². The summed E-state index contributed by atoms with van der Waals surface area (Å²) in [5, 5.41) is 2.30. The summed E-state index contributed by atoms with van der Waals surface area (Å²) in [6, 6.07) is 11.4. The lowest BCUT2D eigenvalue weighted by Gasteiger charge is -2.22. The first-order valence-electron chi connectivity index (χ1n) is 9.61. The minimum atomic E-state index is -4.70. The van der Waals surface area contributed by atoms with Crippen molar-refractivity contribution < 1.29 is 40.3 Å². The zero-order valence-electron chi connectivity index (χ0n) is 16.8. The lowest BCUT2D eigenvalue weighted by molar-refractivity contribution is -0.153.